The molecule has 0 aromatic heterocycles. The molecule has 148 valence electrons. The van der Waals surface area contributed by atoms with Gasteiger partial charge in [0.2, 0.25) is 11.8 Å². The van der Waals surface area contributed by atoms with Crippen LogP contribution in [0.15, 0.2) is 42.5 Å². The highest BCUT2D eigenvalue weighted by molar-refractivity contribution is 5.82. The summed E-state index contributed by atoms with van der Waals surface area (Å²) in [5.41, 5.74) is 2.97. The molecule has 0 spiro atoms. The fourth-order valence-corrected chi connectivity index (χ4v) is 3.41. The highest BCUT2D eigenvalue weighted by Gasteiger charge is 2.30. The van der Waals surface area contributed by atoms with Crippen molar-refractivity contribution >= 4 is 11.8 Å². The Morgan fingerprint density at radius 2 is 1.93 bits per heavy atom. The number of halogens is 1. The van der Waals surface area contributed by atoms with Gasteiger partial charge in [0.1, 0.15) is 11.6 Å². The van der Waals surface area contributed by atoms with Crippen molar-refractivity contribution in [2.75, 3.05) is 13.7 Å². The Labute approximate surface area is 164 Å². The number of carbonyl (C=O) groups excluding carboxylic acids is 2. The zero-order valence-electron chi connectivity index (χ0n) is 16.2. The summed E-state index contributed by atoms with van der Waals surface area (Å²) in [5, 5.41) is 2.95. The van der Waals surface area contributed by atoms with Crippen LogP contribution in [-0.4, -0.2) is 36.4 Å². The molecule has 1 aliphatic heterocycles. The first kappa shape index (κ1) is 19.9. The minimum absolute atomic E-state index is 0.00195. The first-order valence-corrected chi connectivity index (χ1v) is 9.39. The second-order valence-electron chi connectivity index (χ2n) is 7.17. The molecule has 1 heterocycles. The van der Waals surface area contributed by atoms with Crippen LogP contribution in [0.1, 0.15) is 29.5 Å². The van der Waals surface area contributed by atoms with Gasteiger partial charge in [0.25, 0.3) is 0 Å². The van der Waals surface area contributed by atoms with Crippen LogP contribution in [0.2, 0.25) is 0 Å². The Morgan fingerprint density at radius 3 is 2.64 bits per heavy atom. The lowest BCUT2D eigenvalue weighted by Crippen LogP contribution is -2.37. The summed E-state index contributed by atoms with van der Waals surface area (Å²) in [5.74, 6) is 0.447. The summed E-state index contributed by atoms with van der Waals surface area (Å²) in [6, 6.07) is 11.8. The van der Waals surface area contributed by atoms with Gasteiger partial charge in [-0.15, -0.1) is 0 Å². The minimum atomic E-state index is -0.298. The number of hydrogen-bond acceptors (Lipinski definition) is 3. The van der Waals surface area contributed by atoms with Gasteiger partial charge in [-0.3, -0.25) is 9.59 Å². The molecule has 1 unspecified atom stereocenters. The number of methoxy groups -OCH3 is 1. The van der Waals surface area contributed by atoms with Gasteiger partial charge in [0, 0.05) is 25.9 Å². The van der Waals surface area contributed by atoms with Gasteiger partial charge in [-0.1, -0.05) is 24.3 Å². The molecule has 2 aromatic carbocycles. The molecule has 1 fully saturated rings. The third-order valence-corrected chi connectivity index (χ3v) is 4.98. The van der Waals surface area contributed by atoms with Crippen LogP contribution in [-0.2, 0) is 22.6 Å². The molecule has 0 saturated carbocycles. The van der Waals surface area contributed by atoms with Gasteiger partial charge in [0.15, 0.2) is 0 Å². The van der Waals surface area contributed by atoms with E-state index < -0.39 is 0 Å². The third-order valence-electron chi connectivity index (χ3n) is 4.98. The van der Waals surface area contributed by atoms with Gasteiger partial charge in [-0.25, -0.2) is 4.39 Å². The highest BCUT2D eigenvalue weighted by Crippen LogP contribution is 2.20. The lowest BCUT2D eigenvalue weighted by Gasteiger charge is -2.17. The standard InChI is InChI=1S/C22H25FN2O3/c1-15-3-4-16(11-20(15)28-2)7-10-21(26)24-19-12-22(27)25(14-19)13-17-5-8-18(23)9-6-17/h3-6,8-9,11,19H,7,10,12-14H2,1-2H3,(H,24,26). The predicted octanol–water partition coefficient (Wildman–Crippen LogP) is 2.99. The van der Waals surface area contributed by atoms with E-state index in [0.717, 1.165) is 22.4 Å². The number of rotatable bonds is 7. The van der Waals surface area contributed by atoms with Gasteiger partial charge < -0.3 is 15.0 Å². The molecular formula is C22H25FN2O3. The maximum atomic E-state index is 13.0. The molecule has 2 amide bonds. The zero-order valence-corrected chi connectivity index (χ0v) is 16.2. The molecule has 1 saturated heterocycles. The second kappa shape index (κ2) is 8.87. The highest BCUT2D eigenvalue weighted by atomic mass is 19.1. The quantitative estimate of drug-likeness (QED) is 0.798. The Morgan fingerprint density at radius 1 is 1.21 bits per heavy atom. The average Bonchev–Trinajstić information content (AvgIpc) is 3.01. The summed E-state index contributed by atoms with van der Waals surface area (Å²) < 4.78 is 18.3. The minimum Gasteiger partial charge on any atom is -0.496 e. The summed E-state index contributed by atoms with van der Waals surface area (Å²) in [6.07, 6.45) is 1.27. The van der Waals surface area contributed by atoms with Crippen molar-refractivity contribution in [2.24, 2.45) is 0 Å². The number of benzene rings is 2. The Bertz CT molecular complexity index is 851. The fourth-order valence-electron chi connectivity index (χ4n) is 3.41. The molecule has 1 atom stereocenters. The molecule has 0 radical (unpaired) electrons. The molecular weight excluding hydrogens is 359 g/mol. The van der Waals surface area contributed by atoms with Gasteiger partial charge in [-0.05, 0) is 48.2 Å². The van der Waals surface area contributed by atoms with E-state index >= 15 is 0 Å². The van der Waals surface area contributed by atoms with Crippen LogP contribution in [0.25, 0.3) is 0 Å². The van der Waals surface area contributed by atoms with E-state index in [-0.39, 0.29) is 23.7 Å². The first-order valence-electron chi connectivity index (χ1n) is 9.39. The number of carbonyl (C=O) groups is 2. The van der Waals surface area contributed by atoms with Crippen molar-refractivity contribution in [1.29, 1.82) is 0 Å². The van der Waals surface area contributed by atoms with Gasteiger partial charge >= 0.3 is 0 Å². The predicted molar refractivity (Wildman–Crippen MR) is 104 cm³/mol. The van der Waals surface area contributed by atoms with E-state index in [9.17, 15) is 14.0 Å². The monoisotopic (exact) mass is 384 g/mol. The molecule has 5 nitrogen and oxygen atoms in total. The van der Waals surface area contributed by atoms with Crippen molar-refractivity contribution < 1.29 is 18.7 Å². The first-order chi connectivity index (χ1) is 13.4. The molecule has 0 bridgehead atoms. The Kier molecular flexibility index (Phi) is 6.29. The van der Waals surface area contributed by atoms with E-state index in [1.54, 1.807) is 24.1 Å². The molecule has 3 rings (SSSR count). The molecule has 1 aliphatic rings. The number of ether oxygens (including phenoxy) is 1. The summed E-state index contributed by atoms with van der Waals surface area (Å²) in [7, 11) is 1.63. The van der Waals surface area contributed by atoms with Gasteiger partial charge in [-0.2, -0.15) is 0 Å². The molecule has 1 N–H and O–H groups in total. The Balaban J connectivity index is 1.48. The summed E-state index contributed by atoms with van der Waals surface area (Å²) in [4.78, 5) is 26.2. The van der Waals surface area contributed by atoms with Crippen LogP contribution in [0.4, 0.5) is 4.39 Å². The largest absolute Gasteiger partial charge is 0.496 e. The number of nitrogens with zero attached hydrogens (tertiary/aromatic N) is 1. The fraction of sp³-hybridized carbons (Fsp3) is 0.364. The van der Waals surface area contributed by atoms with E-state index in [0.29, 0.717) is 32.4 Å². The van der Waals surface area contributed by atoms with Crippen LogP contribution in [0.3, 0.4) is 0 Å². The topological polar surface area (TPSA) is 58.6 Å². The smallest absolute Gasteiger partial charge is 0.225 e. The number of aryl methyl sites for hydroxylation is 2. The lowest BCUT2D eigenvalue weighted by molar-refractivity contribution is -0.128. The number of nitrogens with one attached hydrogen (secondary N) is 1. The lowest BCUT2D eigenvalue weighted by atomic mass is 10.1. The zero-order chi connectivity index (χ0) is 20.1. The van der Waals surface area contributed by atoms with Crippen molar-refractivity contribution in [3.8, 4) is 5.75 Å². The number of hydrogen-bond donors (Lipinski definition) is 1. The van der Waals surface area contributed by atoms with E-state index in [1.165, 1.54) is 12.1 Å². The maximum Gasteiger partial charge on any atom is 0.225 e. The average molecular weight is 384 g/mol. The normalized spacial score (nSPS) is 16.3. The molecule has 0 aliphatic carbocycles. The van der Waals surface area contributed by atoms with Crippen molar-refractivity contribution in [1.82, 2.24) is 10.2 Å². The summed E-state index contributed by atoms with van der Waals surface area (Å²) in [6.45, 7) is 2.87. The van der Waals surface area contributed by atoms with E-state index in [2.05, 4.69) is 5.32 Å². The van der Waals surface area contributed by atoms with Crippen molar-refractivity contribution in [3.05, 3.63) is 65.0 Å². The van der Waals surface area contributed by atoms with Crippen LogP contribution in [0.5, 0.6) is 5.75 Å². The van der Waals surface area contributed by atoms with Crippen LogP contribution < -0.4 is 10.1 Å². The molecule has 6 heteroatoms. The van der Waals surface area contributed by atoms with Gasteiger partial charge in [0.05, 0.1) is 13.2 Å². The molecule has 2 aromatic rings. The Hall–Kier alpha value is -2.89. The van der Waals surface area contributed by atoms with Crippen LogP contribution >= 0.6 is 0 Å². The maximum absolute atomic E-state index is 13.0. The van der Waals surface area contributed by atoms with Crippen LogP contribution in [0, 0.1) is 12.7 Å². The SMILES string of the molecule is COc1cc(CCC(=O)NC2CC(=O)N(Cc3ccc(F)cc3)C2)ccc1C. The van der Waals surface area contributed by atoms with Crippen molar-refractivity contribution in [2.45, 2.75) is 38.8 Å². The van der Waals surface area contributed by atoms with Crippen molar-refractivity contribution in [3.63, 3.8) is 0 Å². The van der Waals surface area contributed by atoms with E-state index in [1.807, 2.05) is 25.1 Å². The number of likely N-dealkylation sites (tertiary alicyclic amines) is 1. The third kappa shape index (κ3) is 5.09. The second-order valence-corrected chi connectivity index (χ2v) is 7.17. The molecule has 28 heavy (non-hydrogen) atoms. The number of amides is 2. The van der Waals surface area contributed by atoms with E-state index in [4.69, 9.17) is 4.74 Å². The summed E-state index contributed by atoms with van der Waals surface area (Å²) >= 11 is 0.